The molecule has 1 aromatic heterocycles. The summed E-state index contributed by atoms with van der Waals surface area (Å²) in [7, 11) is 0. The molecule has 9 nitrogen and oxygen atoms in total. The van der Waals surface area contributed by atoms with Gasteiger partial charge < -0.3 is 9.73 Å². The van der Waals surface area contributed by atoms with Crippen molar-refractivity contribution in [3.63, 3.8) is 0 Å². The summed E-state index contributed by atoms with van der Waals surface area (Å²) in [5.41, 5.74) is 1.15. The minimum absolute atomic E-state index is 0.0481. The van der Waals surface area contributed by atoms with Crippen LogP contribution in [0, 0.1) is 22.9 Å². The molecule has 2 aromatic carbocycles. The number of benzene rings is 2. The molecule has 1 aliphatic heterocycles. The van der Waals surface area contributed by atoms with Crippen molar-refractivity contribution >= 4 is 46.3 Å². The van der Waals surface area contributed by atoms with Gasteiger partial charge in [-0.1, -0.05) is 18.2 Å². The van der Waals surface area contributed by atoms with Gasteiger partial charge in [-0.25, -0.2) is 4.39 Å². The standard InChI is InChI=1S/C23H16FN3O6S/c1-13-5-6-14(9-18(13)27(31)32)19-8-7-17(33-19)11-20-22(29)26(23(30)34-20)12-21(28)25-16-4-2-3-15(24)10-16/h2-11H,12H2,1H3,(H,25,28)/b20-11+. The van der Waals surface area contributed by atoms with E-state index in [2.05, 4.69) is 5.32 Å². The Bertz CT molecular complexity index is 1370. The van der Waals surface area contributed by atoms with Crippen molar-refractivity contribution in [2.24, 2.45) is 0 Å². The molecule has 172 valence electrons. The maximum absolute atomic E-state index is 13.3. The molecule has 0 atom stereocenters. The first kappa shape index (κ1) is 22.9. The van der Waals surface area contributed by atoms with E-state index in [0.717, 1.165) is 11.0 Å². The number of nitrogens with zero attached hydrogens (tertiary/aromatic N) is 2. The van der Waals surface area contributed by atoms with Crippen LogP contribution in [0.5, 0.6) is 0 Å². The number of halogens is 1. The maximum Gasteiger partial charge on any atom is 0.294 e. The van der Waals surface area contributed by atoms with E-state index in [0.29, 0.717) is 28.6 Å². The van der Waals surface area contributed by atoms with Gasteiger partial charge in [0.25, 0.3) is 16.8 Å². The Morgan fingerprint density at radius 1 is 1.21 bits per heavy atom. The lowest BCUT2D eigenvalue weighted by Gasteiger charge is -2.12. The summed E-state index contributed by atoms with van der Waals surface area (Å²) in [5.74, 6) is -1.26. The first-order valence-electron chi connectivity index (χ1n) is 9.87. The Morgan fingerprint density at radius 3 is 2.74 bits per heavy atom. The van der Waals surface area contributed by atoms with Crippen molar-refractivity contribution in [1.29, 1.82) is 0 Å². The van der Waals surface area contributed by atoms with Crippen molar-refractivity contribution < 1.29 is 28.1 Å². The Balaban J connectivity index is 1.47. The number of hydrogen-bond donors (Lipinski definition) is 1. The fraction of sp³-hybridized carbons (Fsp3) is 0.0870. The number of nitrogens with one attached hydrogen (secondary N) is 1. The van der Waals surface area contributed by atoms with E-state index < -0.39 is 34.3 Å². The number of rotatable bonds is 6. The van der Waals surface area contributed by atoms with Crippen LogP contribution in [0.2, 0.25) is 0 Å². The number of nitro benzene ring substituents is 1. The topological polar surface area (TPSA) is 123 Å². The summed E-state index contributed by atoms with van der Waals surface area (Å²) < 4.78 is 19.0. The van der Waals surface area contributed by atoms with Crippen molar-refractivity contribution in [2.75, 3.05) is 11.9 Å². The predicted molar refractivity (Wildman–Crippen MR) is 123 cm³/mol. The van der Waals surface area contributed by atoms with E-state index in [-0.39, 0.29) is 22.0 Å². The molecule has 1 N–H and O–H groups in total. The van der Waals surface area contributed by atoms with Crippen molar-refractivity contribution in [3.05, 3.63) is 86.8 Å². The molecule has 1 fully saturated rings. The summed E-state index contributed by atoms with van der Waals surface area (Å²) in [6, 6.07) is 13.1. The average molecular weight is 481 g/mol. The largest absolute Gasteiger partial charge is 0.457 e. The molecule has 0 radical (unpaired) electrons. The zero-order chi connectivity index (χ0) is 24.4. The quantitative estimate of drug-likeness (QED) is 0.299. The van der Waals surface area contributed by atoms with Gasteiger partial charge in [0.2, 0.25) is 5.91 Å². The van der Waals surface area contributed by atoms with Gasteiger partial charge in [0.05, 0.1) is 9.83 Å². The van der Waals surface area contributed by atoms with Crippen molar-refractivity contribution in [3.8, 4) is 11.3 Å². The van der Waals surface area contributed by atoms with Gasteiger partial charge in [0, 0.05) is 29.0 Å². The fourth-order valence-corrected chi connectivity index (χ4v) is 4.04. The Kier molecular flexibility index (Phi) is 6.28. The molecular formula is C23H16FN3O6S. The van der Waals surface area contributed by atoms with E-state index in [1.165, 1.54) is 30.3 Å². The number of carbonyl (C=O) groups excluding carboxylic acids is 3. The molecule has 0 bridgehead atoms. The molecule has 0 unspecified atom stereocenters. The summed E-state index contributed by atoms with van der Waals surface area (Å²) >= 11 is 0.650. The maximum atomic E-state index is 13.3. The summed E-state index contributed by atoms with van der Waals surface area (Å²) in [6.45, 7) is 1.10. The normalized spacial score (nSPS) is 14.6. The van der Waals surface area contributed by atoms with Crippen LogP contribution in [0.3, 0.4) is 0 Å². The number of nitro groups is 1. The first-order chi connectivity index (χ1) is 16.2. The molecule has 11 heteroatoms. The lowest BCUT2D eigenvalue weighted by molar-refractivity contribution is -0.385. The lowest BCUT2D eigenvalue weighted by Crippen LogP contribution is -2.36. The number of imide groups is 1. The highest BCUT2D eigenvalue weighted by atomic mass is 32.2. The molecule has 2 heterocycles. The molecular weight excluding hydrogens is 465 g/mol. The molecule has 4 rings (SSSR count). The third kappa shape index (κ3) is 4.89. The molecule has 3 amide bonds. The van der Waals surface area contributed by atoms with E-state index in [9.17, 15) is 28.9 Å². The number of aryl methyl sites for hydroxylation is 1. The second kappa shape index (κ2) is 9.32. The number of furan rings is 1. The van der Waals surface area contributed by atoms with Gasteiger partial charge in [0.1, 0.15) is 23.9 Å². The minimum atomic E-state index is -0.673. The highest BCUT2D eigenvalue weighted by Crippen LogP contribution is 2.34. The number of amides is 3. The van der Waals surface area contributed by atoms with Crippen LogP contribution < -0.4 is 5.32 Å². The smallest absolute Gasteiger partial charge is 0.294 e. The highest BCUT2D eigenvalue weighted by molar-refractivity contribution is 8.18. The van der Waals surface area contributed by atoms with Gasteiger partial charge in [-0.15, -0.1) is 0 Å². The van der Waals surface area contributed by atoms with Crippen LogP contribution in [0.15, 0.2) is 63.9 Å². The summed E-state index contributed by atoms with van der Waals surface area (Å²) in [5, 5.41) is 13.0. The van der Waals surface area contributed by atoms with Gasteiger partial charge in [-0.3, -0.25) is 29.4 Å². The highest BCUT2D eigenvalue weighted by Gasteiger charge is 2.36. The molecule has 0 saturated carbocycles. The second-order valence-electron chi connectivity index (χ2n) is 7.29. The zero-order valence-electron chi connectivity index (χ0n) is 17.6. The summed E-state index contributed by atoms with van der Waals surface area (Å²) in [6.07, 6.45) is 1.36. The van der Waals surface area contributed by atoms with Gasteiger partial charge in [-0.05, 0) is 49.0 Å². The molecule has 1 aliphatic rings. The minimum Gasteiger partial charge on any atom is -0.457 e. The van der Waals surface area contributed by atoms with Crippen LogP contribution in [-0.4, -0.2) is 33.4 Å². The summed E-state index contributed by atoms with van der Waals surface area (Å²) in [4.78, 5) is 48.7. The SMILES string of the molecule is Cc1ccc(-c2ccc(/C=C3/SC(=O)N(CC(=O)Nc4cccc(F)c4)C3=O)o2)cc1[N+](=O)[O-]. The average Bonchev–Trinajstić information content (AvgIpc) is 3.34. The van der Waals surface area contributed by atoms with Crippen LogP contribution in [0.25, 0.3) is 17.4 Å². The first-order valence-corrected chi connectivity index (χ1v) is 10.7. The number of carbonyl (C=O) groups is 3. The monoisotopic (exact) mass is 481 g/mol. The third-order valence-corrected chi connectivity index (χ3v) is 5.78. The Labute approximate surface area is 196 Å². The van der Waals surface area contributed by atoms with Crippen LogP contribution in [0.1, 0.15) is 11.3 Å². The number of thioether (sulfide) groups is 1. The van der Waals surface area contributed by atoms with Crippen molar-refractivity contribution in [1.82, 2.24) is 4.90 Å². The van der Waals surface area contributed by atoms with Gasteiger partial charge >= 0.3 is 0 Å². The zero-order valence-corrected chi connectivity index (χ0v) is 18.4. The Hall–Kier alpha value is -4.25. The predicted octanol–water partition coefficient (Wildman–Crippen LogP) is 4.98. The van der Waals surface area contributed by atoms with E-state index >= 15 is 0 Å². The Morgan fingerprint density at radius 2 is 2.00 bits per heavy atom. The van der Waals surface area contributed by atoms with Gasteiger partial charge in [-0.2, -0.15) is 0 Å². The molecule has 34 heavy (non-hydrogen) atoms. The third-order valence-electron chi connectivity index (χ3n) is 4.87. The number of anilines is 1. The van der Waals surface area contributed by atoms with Crippen molar-refractivity contribution in [2.45, 2.75) is 6.92 Å². The second-order valence-corrected chi connectivity index (χ2v) is 8.28. The fourth-order valence-electron chi connectivity index (χ4n) is 3.22. The van der Waals surface area contributed by atoms with E-state index in [1.807, 2.05) is 0 Å². The molecule has 3 aromatic rings. The molecule has 0 spiro atoms. The van der Waals surface area contributed by atoms with E-state index in [4.69, 9.17) is 4.42 Å². The van der Waals surface area contributed by atoms with E-state index in [1.54, 1.807) is 31.2 Å². The van der Waals surface area contributed by atoms with Crippen LogP contribution >= 0.6 is 11.8 Å². The number of hydrogen-bond acceptors (Lipinski definition) is 7. The molecule has 1 saturated heterocycles. The molecule has 0 aliphatic carbocycles. The van der Waals surface area contributed by atoms with Crippen LogP contribution in [-0.2, 0) is 9.59 Å². The lowest BCUT2D eigenvalue weighted by atomic mass is 10.1. The van der Waals surface area contributed by atoms with Crippen LogP contribution in [0.4, 0.5) is 20.6 Å². The van der Waals surface area contributed by atoms with Gasteiger partial charge in [0.15, 0.2) is 0 Å².